The fourth-order valence-corrected chi connectivity index (χ4v) is 1.99. The molecular weight excluding hydrogens is 269 g/mol. The molecule has 0 saturated heterocycles. The molecule has 0 aliphatic carbocycles. The molecule has 0 saturated carbocycles. The predicted molar refractivity (Wildman–Crippen MR) is 58.0 cm³/mol. The second-order valence-electron chi connectivity index (χ2n) is 2.81. The maximum Gasteiger partial charge on any atom is 0.339 e. The lowest BCUT2D eigenvalue weighted by atomic mass is 10.2. The maximum atomic E-state index is 10.9. The van der Waals surface area contributed by atoms with Crippen molar-refractivity contribution in [2.24, 2.45) is 0 Å². The first-order valence-corrected chi connectivity index (χ1v) is 4.96. The Labute approximate surface area is 92.8 Å². The van der Waals surface area contributed by atoms with E-state index < -0.39 is 5.97 Å². The Balaban J connectivity index is 2.84. The molecule has 1 heterocycles. The Bertz CT molecular complexity index is 521. The Morgan fingerprint density at radius 1 is 1.50 bits per heavy atom. The molecule has 72 valence electrons. The van der Waals surface area contributed by atoms with Gasteiger partial charge in [-0.3, -0.25) is 0 Å². The minimum Gasteiger partial charge on any atom is -0.478 e. The molecule has 0 unspecified atom stereocenters. The molecule has 1 aromatic heterocycles. The number of aromatic nitrogens is 1. The first kappa shape index (κ1) is 9.55. The van der Waals surface area contributed by atoms with Gasteiger partial charge in [-0.2, -0.15) is 0 Å². The lowest BCUT2D eigenvalue weighted by Crippen LogP contribution is -1.94. The molecule has 0 fully saturated rings. The van der Waals surface area contributed by atoms with Gasteiger partial charge in [-0.25, -0.2) is 4.79 Å². The molecule has 5 heteroatoms. The largest absolute Gasteiger partial charge is 0.478 e. The van der Waals surface area contributed by atoms with Crippen molar-refractivity contribution < 1.29 is 9.90 Å². The highest BCUT2D eigenvalue weighted by Gasteiger charge is 2.15. The molecule has 0 bridgehead atoms. The SMILES string of the molecule is O=C(O)c1c(Cl)[nH]c2cc(Br)ccc12. The summed E-state index contributed by atoms with van der Waals surface area (Å²) < 4.78 is 0.875. The van der Waals surface area contributed by atoms with Gasteiger partial charge in [0.15, 0.2) is 0 Å². The molecule has 14 heavy (non-hydrogen) atoms. The monoisotopic (exact) mass is 273 g/mol. The minimum absolute atomic E-state index is 0.120. The van der Waals surface area contributed by atoms with Crippen LogP contribution in [0.4, 0.5) is 0 Å². The third kappa shape index (κ3) is 1.40. The number of fused-ring (bicyclic) bond motifs is 1. The Morgan fingerprint density at radius 3 is 2.86 bits per heavy atom. The summed E-state index contributed by atoms with van der Waals surface area (Å²) in [7, 11) is 0. The van der Waals surface area contributed by atoms with E-state index >= 15 is 0 Å². The van der Waals surface area contributed by atoms with E-state index in [-0.39, 0.29) is 10.7 Å². The van der Waals surface area contributed by atoms with Crippen molar-refractivity contribution in [3.63, 3.8) is 0 Å². The van der Waals surface area contributed by atoms with Gasteiger partial charge < -0.3 is 10.1 Å². The molecule has 0 amide bonds. The number of H-pyrrole nitrogens is 1. The van der Waals surface area contributed by atoms with Crippen LogP contribution in [-0.4, -0.2) is 16.1 Å². The first-order chi connectivity index (χ1) is 6.59. The van der Waals surface area contributed by atoms with E-state index in [1.165, 1.54) is 0 Å². The van der Waals surface area contributed by atoms with Crippen LogP contribution in [0.1, 0.15) is 10.4 Å². The number of halogens is 2. The zero-order chi connectivity index (χ0) is 10.3. The number of hydrogen-bond acceptors (Lipinski definition) is 1. The van der Waals surface area contributed by atoms with E-state index in [1.807, 2.05) is 0 Å². The van der Waals surface area contributed by atoms with Gasteiger partial charge in [0.25, 0.3) is 0 Å². The van der Waals surface area contributed by atoms with Crippen LogP contribution < -0.4 is 0 Å². The van der Waals surface area contributed by atoms with Crippen LogP contribution >= 0.6 is 27.5 Å². The average Bonchev–Trinajstić information content (AvgIpc) is 2.39. The van der Waals surface area contributed by atoms with Crippen molar-refractivity contribution in [1.29, 1.82) is 0 Å². The number of rotatable bonds is 1. The molecule has 2 aromatic rings. The quantitative estimate of drug-likeness (QED) is 0.838. The van der Waals surface area contributed by atoms with Crippen LogP contribution in [0.2, 0.25) is 5.15 Å². The van der Waals surface area contributed by atoms with Gasteiger partial charge in [0, 0.05) is 15.4 Å². The normalized spacial score (nSPS) is 10.7. The summed E-state index contributed by atoms with van der Waals surface area (Å²) in [6.45, 7) is 0. The molecule has 0 radical (unpaired) electrons. The highest BCUT2D eigenvalue weighted by molar-refractivity contribution is 9.10. The van der Waals surface area contributed by atoms with Crippen molar-refractivity contribution >= 4 is 44.4 Å². The number of hydrogen-bond donors (Lipinski definition) is 2. The molecule has 1 aromatic carbocycles. The van der Waals surface area contributed by atoms with Gasteiger partial charge in [0.05, 0.1) is 0 Å². The zero-order valence-corrected chi connectivity index (χ0v) is 9.19. The van der Waals surface area contributed by atoms with Crippen molar-refractivity contribution in [1.82, 2.24) is 4.98 Å². The second kappa shape index (κ2) is 3.29. The van der Waals surface area contributed by atoms with Crippen molar-refractivity contribution in [2.45, 2.75) is 0 Å². The maximum absolute atomic E-state index is 10.9. The number of aromatic amines is 1. The van der Waals surface area contributed by atoms with Crippen molar-refractivity contribution in [2.75, 3.05) is 0 Å². The third-order valence-electron chi connectivity index (χ3n) is 1.93. The fourth-order valence-electron chi connectivity index (χ4n) is 1.35. The summed E-state index contributed by atoms with van der Waals surface area (Å²) in [5.74, 6) is -1.02. The molecule has 3 nitrogen and oxygen atoms in total. The van der Waals surface area contributed by atoms with Crippen LogP contribution in [0, 0.1) is 0 Å². The van der Waals surface area contributed by atoms with Gasteiger partial charge in [0.2, 0.25) is 0 Å². The number of carboxylic acids is 1. The summed E-state index contributed by atoms with van der Waals surface area (Å²) in [4.78, 5) is 13.7. The van der Waals surface area contributed by atoms with Crippen LogP contribution in [-0.2, 0) is 0 Å². The van der Waals surface area contributed by atoms with E-state index in [9.17, 15) is 4.79 Å². The Hall–Kier alpha value is -1.000. The zero-order valence-electron chi connectivity index (χ0n) is 6.84. The minimum atomic E-state index is -1.02. The lowest BCUT2D eigenvalue weighted by Gasteiger charge is -1.92. The van der Waals surface area contributed by atoms with Gasteiger partial charge in [0.1, 0.15) is 10.7 Å². The molecule has 2 N–H and O–H groups in total. The highest BCUT2D eigenvalue weighted by atomic mass is 79.9. The third-order valence-corrected chi connectivity index (χ3v) is 2.71. The highest BCUT2D eigenvalue weighted by Crippen LogP contribution is 2.28. The van der Waals surface area contributed by atoms with E-state index in [2.05, 4.69) is 20.9 Å². The van der Waals surface area contributed by atoms with E-state index in [1.54, 1.807) is 18.2 Å². The summed E-state index contributed by atoms with van der Waals surface area (Å²) in [6, 6.07) is 5.28. The first-order valence-electron chi connectivity index (χ1n) is 3.79. The topological polar surface area (TPSA) is 53.1 Å². The summed E-state index contributed by atoms with van der Waals surface area (Å²) in [5.41, 5.74) is 0.830. The van der Waals surface area contributed by atoms with E-state index in [0.717, 1.165) is 4.47 Å². The number of benzene rings is 1. The molecule has 0 atom stereocenters. The molecular formula is C9H5BrClNO2. The second-order valence-corrected chi connectivity index (χ2v) is 4.10. The average molecular weight is 275 g/mol. The summed E-state index contributed by atoms with van der Waals surface area (Å²) >= 11 is 9.06. The molecule has 0 aliphatic heterocycles. The van der Waals surface area contributed by atoms with Crippen LogP contribution in [0.3, 0.4) is 0 Å². The fraction of sp³-hybridized carbons (Fsp3) is 0. The van der Waals surface area contributed by atoms with Crippen LogP contribution in [0.25, 0.3) is 10.9 Å². The van der Waals surface area contributed by atoms with Crippen LogP contribution in [0.15, 0.2) is 22.7 Å². The molecule has 2 rings (SSSR count). The van der Waals surface area contributed by atoms with Crippen molar-refractivity contribution in [3.05, 3.63) is 33.4 Å². The van der Waals surface area contributed by atoms with Gasteiger partial charge in [-0.15, -0.1) is 0 Å². The van der Waals surface area contributed by atoms with Crippen LogP contribution in [0.5, 0.6) is 0 Å². The number of carboxylic acid groups (broad SMARTS) is 1. The summed E-state index contributed by atoms with van der Waals surface area (Å²) in [5, 5.41) is 9.68. The Morgan fingerprint density at radius 2 is 2.21 bits per heavy atom. The molecule has 0 aliphatic rings. The summed E-state index contributed by atoms with van der Waals surface area (Å²) in [6.07, 6.45) is 0. The van der Waals surface area contributed by atoms with Crippen molar-refractivity contribution in [3.8, 4) is 0 Å². The van der Waals surface area contributed by atoms with E-state index in [0.29, 0.717) is 10.9 Å². The Kier molecular flexibility index (Phi) is 2.25. The van der Waals surface area contributed by atoms with Gasteiger partial charge >= 0.3 is 5.97 Å². The number of aromatic carboxylic acids is 1. The standard InChI is InChI=1S/C9H5BrClNO2/c10-4-1-2-5-6(3-4)12-8(11)7(5)9(13)14/h1-3,12H,(H,13,14). The van der Waals surface area contributed by atoms with Gasteiger partial charge in [-0.1, -0.05) is 33.6 Å². The molecule has 0 spiro atoms. The predicted octanol–water partition coefficient (Wildman–Crippen LogP) is 3.28. The van der Waals surface area contributed by atoms with E-state index in [4.69, 9.17) is 16.7 Å². The lowest BCUT2D eigenvalue weighted by molar-refractivity contribution is 0.0699. The smallest absolute Gasteiger partial charge is 0.339 e. The van der Waals surface area contributed by atoms with Gasteiger partial charge in [-0.05, 0) is 12.1 Å². The number of nitrogens with one attached hydrogen (secondary N) is 1. The number of carbonyl (C=O) groups is 1.